The second-order valence-corrected chi connectivity index (χ2v) is 4.09. The Labute approximate surface area is 97.6 Å². The summed E-state index contributed by atoms with van der Waals surface area (Å²) < 4.78 is 11.0. The van der Waals surface area contributed by atoms with Crippen molar-refractivity contribution >= 4 is 0 Å². The minimum atomic E-state index is 0.0268. The molecule has 1 aromatic carbocycles. The van der Waals surface area contributed by atoms with Gasteiger partial charge in [0.25, 0.3) is 0 Å². The number of hydrogen-bond donors (Lipinski definition) is 1. The molecule has 0 aromatic heterocycles. The number of ether oxygens (including phenoxy) is 2. The Morgan fingerprint density at radius 1 is 1.19 bits per heavy atom. The fourth-order valence-electron chi connectivity index (χ4n) is 1.26. The third kappa shape index (κ3) is 5.73. The van der Waals surface area contributed by atoms with Crippen LogP contribution >= 0.6 is 0 Å². The van der Waals surface area contributed by atoms with Gasteiger partial charge in [-0.15, -0.1) is 0 Å². The summed E-state index contributed by atoms with van der Waals surface area (Å²) in [4.78, 5) is 0. The van der Waals surface area contributed by atoms with Crippen molar-refractivity contribution in [2.75, 3.05) is 13.2 Å². The lowest BCUT2D eigenvalue weighted by molar-refractivity contribution is 0.0705. The number of para-hydroxylation sites is 1. The molecule has 0 radical (unpaired) electrons. The van der Waals surface area contributed by atoms with E-state index in [1.807, 2.05) is 44.2 Å². The predicted molar refractivity (Wildman–Crippen MR) is 65.6 cm³/mol. The van der Waals surface area contributed by atoms with E-state index >= 15 is 0 Å². The summed E-state index contributed by atoms with van der Waals surface area (Å²) >= 11 is 0. The van der Waals surface area contributed by atoms with E-state index in [1.54, 1.807) is 0 Å². The Hall–Kier alpha value is -1.06. The van der Waals surface area contributed by atoms with Crippen molar-refractivity contribution in [2.45, 2.75) is 32.4 Å². The molecule has 2 N–H and O–H groups in total. The van der Waals surface area contributed by atoms with Gasteiger partial charge in [0, 0.05) is 12.6 Å². The van der Waals surface area contributed by atoms with Crippen molar-refractivity contribution in [1.82, 2.24) is 0 Å². The number of rotatable bonds is 7. The molecule has 3 nitrogen and oxygen atoms in total. The Balaban J connectivity index is 2.13. The van der Waals surface area contributed by atoms with Crippen LogP contribution in [-0.4, -0.2) is 25.4 Å². The first-order valence-corrected chi connectivity index (χ1v) is 5.73. The second kappa shape index (κ2) is 7.25. The topological polar surface area (TPSA) is 44.5 Å². The lowest BCUT2D eigenvalue weighted by Crippen LogP contribution is -2.29. The molecular formula is C13H21NO2. The molecule has 90 valence electrons. The van der Waals surface area contributed by atoms with Gasteiger partial charge in [0.15, 0.2) is 0 Å². The van der Waals surface area contributed by atoms with Crippen LogP contribution in [0.15, 0.2) is 30.3 Å². The van der Waals surface area contributed by atoms with E-state index in [-0.39, 0.29) is 12.1 Å². The van der Waals surface area contributed by atoms with Gasteiger partial charge >= 0.3 is 0 Å². The van der Waals surface area contributed by atoms with Crippen LogP contribution in [0.25, 0.3) is 0 Å². The van der Waals surface area contributed by atoms with Gasteiger partial charge in [0.05, 0.1) is 6.10 Å². The van der Waals surface area contributed by atoms with Gasteiger partial charge < -0.3 is 15.2 Å². The van der Waals surface area contributed by atoms with Crippen LogP contribution in [0.3, 0.4) is 0 Å². The van der Waals surface area contributed by atoms with Crippen LogP contribution in [0.5, 0.6) is 5.75 Å². The molecule has 3 heteroatoms. The van der Waals surface area contributed by atoms with Gasteiger partial charge in [-0.2, -0.15) is 0 Å². The van der Waals surface area contributed by atoms with Crippen LogP contribution < -0.4 is 10.5 Å². The van der Waals surface area contributed by atoms with Gasteiger partial charge in [-0.05, 0) is 32.4 Å². The highest BCUT2D eigenvalue weighted by Crippen LogP contribution is 2.08. The average Bonchev–Trinajstić information content (AvgIpc) is 2.27. The Morgan fingerprint density at radius 2 is 1.88 bits per heavy atom. The Bertz CT molecular complexity index is 275. The summed E-state index contributed by atoms with van der Waals surface area (Å²) in [6.45, 7) is 5.26. The molecule has 1 unspecified atom stereocenters. The summed E-state index contributed by atoms with van der Waals surface area (Å²) in [5.41, 5.74) is 5.90. The third-order valence-electron chi connectivity index (χ3n) is 2.15. The first-order valence-electron chi connectivity index (χ1n) is 5.73. The highest BCUT2D eigenvalue weighted by molar-refractivity contribution is 5.20. The van der Waals surface area contributed by atoms with E-state index in [2.05, 4.69) is 0 Å². The molecule has 0 spiro atoms. The largest absolute Gasteiger partial charge is 0.492 e. The maximum atomic E-state index is 5.90. The normalized spacial score (nSPS) is 12.8. The minimum absolute atomic E-state index is 0.0268. The maximum Gasteiger partial charge on any atom is 0.119 e. The maximum absolute atomic E-state index is 5.90. The monoisotopic (exact) mass is 223 g/mol. The molecule has 1 rings (SSSR count). The molecule has 0 amide bonds. The lowest BCUT2D eigenvalue weighted by Gasteiger charge is -2.14. The molecule has 16 heavy (non-hydrogen) atoms. The third-order valence-corrected chi connectivity index (χ3v) is 2.15. The summed E-state index contributed by atoms with van der Waals surface area (Å²) in [5.74, 6) is 0.864. The zero-order chi connectivity index (χ0) is 11.8. The summed E-state index contributed by atoms with van der Waals surface area (Å²) in [6.07, 6.45) is 1.09. The smallest absolute Gasteiger partial charge is 0.119 e. The van der Waals surface area contributed by atoms with Gasteiger partial charge in [0.2, 0.25) is 0 Å². The van der Waals surface area contributed by atoms with E-state index in [9.17, 15) is 0 Å². The van der Waals surface area contributed by atoms with Crippen LogP contribution in [0.4, 0.5) is 0 Å². The molecule has 0 aliphatic rings. The molecule has 0 bridgehead atoms. The van der Waals surface area contributed by atoms with Crippen molar-refractivity contribution in [3.05, 3.63) is 30.3 Å². The average molecular weight is 223 g/mol. The molecule has 0 heterocycles. The molecule has 0 aliphatic heterocycles. The summed E-state index contributed by atoms with van der Waals surface area (Å²) in [6, 6.07) is 9.74. The van der Waals surface area contributed by atoms with Crippen molar-refractivity contribution in [2.24, 2.45) is 5.73 Å². The summed E-state index contributed by atoms with van der Waals surface area (Å²) in [7, 11) is 0. The van der Waals surface area contributed by atoms with E-state index in [4.69, 9.17) is 15.2 Å². The molecule has 0 saturated carbocycles. The first-order chi connectivity index (χ1) is 7.68. The zero-order valence-electron chi connectivity index (χ0n) is 10.1. The van der Waals surface area contributed by atoms with E-state index in [1.165, 1.54) is 0 Å². The molecule has 1 atom stereocenters. The van der Waals surface area contributed by atoms with E-state index < -0.39 is 0 Å². The first kappa shape index (κ1) is 13.0. The Morgan fingerprint density at radius 3 is 2.50 bits per heavy atom. The standard InChI is InChI=1S/C13H21NO2/c1-11(2)15-9-8-12(14)10-16-13-6-4-3-5-7-13/h3-7,11-12H,8-10,14H2,1-2H3. The zero-order valence-corrected chi connectivity index (χ0v) is 10.1. The van der Waals surface area contributed by atoms with Crippen molar-refractivity contribution in [3.8, 4) is 5.75 Å². The van der Waals surface area contributed by atoms with Crippen LogP contribution in [0.1, 0.15) is 20.3 Å². The van der Waals surface area contributed by atoms with E-state index in [0.29, 0.717) is 13.2 Å². The van der Waals surface area contributed by atoms with Crippen LogP contribution in [-0.2, 0) is 4.74 Å². The number of nitrogens with two attached hydrogens (primary N) is 1. The second-order valence-electron chi connectivity index (χ2n) is 4.09. The highest BCUT2D eigenvalue weighted by atomic mass is 16.5. The number of hydrogen-bond acceptors (Lipinski definition) is 3. The van der Waals surface area contributed by atoms with E-state index in [0.717, 1.165) is 12.2 Å². The Kier molecular flexibility index (Phi) is 5.90. The van der Waals surface area contributed by atoms with Gasteiger partial charge in [0.1, 0.15) is 12.4 Å². The van der Waals surface area contributed by atoms with Crippen LogP contribution in [0.2, 0.25) is 0 Å². The van der Waals surface area contributed by atoms with Gasteiger partial charge in [-0.1, -0.05) is 18.2 Å². The van der Waals surface area contributed by atoms with Crippen molar-refractivity contribution in [3.63, 3.8) is 0 Å². The summed E-state index contributed by atoms with van der Waals surface area (Å²) in [5, 5.41) is 0. The molecule has 0 saturated heterocycles. The molecule has 0 aliphatic carbocycles. The molecule has 0 fully saturated rings. The SMILES string of the molecule is CC(C)OCCC(N)COc1ccccc1. The minimum Gasteiger partial charge on any atom is -0.492 e. The quantitative estimate of drug-likeness (QED) is 0.770. The van der Waals surface area contributed by atoms with Crippen LogP contribution in [0, 0.1) is 0 Å². The predicted octanol–water partition coefficient (Wildman–Crippen LogP) is 2.21. The van der Waals surface area contributed by atoms with Crippen molar-refractivity contribution in [1.29, 1.82) is 0 Å². The molecular weight excluding hydrogens is 202 g/mol. The van der Waals surface area contributed by atoms with Gasteiger partial charge in [-0.25, -0.2) is 0 Å². The van der Waals surface area contributed by atoms with Gasteiger partial charge in [-0.3, -0.25) is 0 Å². The number of benzene rings is 1. The molecule has 1 aromatic rings. The fraction of sp³-hybridized carbons (Fsp3) is 0.538. The lowest BCUT2D eigenvalue weighted by atomic mass is 10.2. The fourth-order valence-corrected chi connectivity index (χ4v) is 1.26. The van der Waals surface area contributed by atoms with Crippen molar-refractivity contribution < 1.29 is 9.47 Å². The highest BCUT2D eigenvalue weighted by Gasteiger charge is 2.04.